The number of rotatable bonds is 5. The number of carbonyl (C=O) groups excluding carboxylic acids is 2. The Morgan fingerprint density at radius 3 is 2.06 bits per heavy atom. The summed E-state index contributed by atoms with van der Waals surface area (Å²) < 4.78 is 0. The number of carboxylic acids is 1. The molecule has 0 aliphatic carbocycles. The standard InChI is InChI=1S/C23H17N3O4S/c24-23-26(20(27)13-31-23)15-11-9-14(10-12-15)25-21(28)18-7-3-1-5-16(18)17-6-2-4-8-19(17)22(29)30/h1-12,24H,13H2,(H,25,28)(H,29,30). The van der Waals surface area contributed by atoms with E-state index in [4.69, 9.17) is 5.41 Å². The molecule has 2 amide bonds. The highest BCUT2D eigenvalue weighted by Gasteiger charge is 2.28. The molecule has 4 rings (SSSR count). The average molecular weight is 431 g/mol. The van der Waals surface area contributed by atoms with E-state index in [1.165, 1.54) is 22.7 Å². The van der Waals surface area contributed by atoms with Gasteiger partial charge in [-0.15, -0.1) is 0 Å². The molecule has 0 radical (unpaired) electrons. The Morgan fingerprint density at radius 2 is 1.48 bits per heavy atom. The van der Waals surface area contributed by atoms with Gasteiger partial charge in [-0.3, -0.25) is 19.9 Å². The van der Waals surface area contributed by atoms with E-state index in [9.17, 15) is 19.5 Å². The first-order valence-corrected chi connectivity index (χ1v) is 10.3. The molecule has 31 heavy (non-hydrogen) atoms. The summed E-state index contributed by atoms with van der Waals surface area (Å²) >= 11 is 1.17. The summed E-state index contributed by atoms with van der Waals surface area (Å²) in [5, 5.41) is 20.3. The largest absolute Gasteiger partial charge is 0.478 e. The summed E-state index contributed by atoms with van der Waals surface area (Å²) in [6, 6.07) is 20.0. The molecule has 0 saturated carbocycles. The van der Waals surface area contributed by atoms with Crippen molar-refractivity contribution in [3.63, 3.8) is 0 Å². The van der Waals surface area contributed by atoms with Crippen molar-refractivity contribution in [1.29, 1.82) is 5.41 Å². The highest BCUT2D eigenvalue weighted by atomic mass is 32.2. The lowest BCUT2D eigenvalue weighted by atomic mass is 9.95. The fraction of sp³-hybridized carbons (Fsp3) is 0.0435. The lowest BCUT2D eigenvalue weighted by molar-refractivity contribution is -0.115. The maximum Gasteiger partial charge on any atom is 0.336 e. The SMILES string of the molecule is N=C1SCC(=O)N1c1ccc(NC(=O)c2ccccc2-c2ccccc2C(=O)O)cc1. The van der Waals surface area contributed by atoms with Crippen LogP contribution in [0.5, 0.6) is 0 Å². The van der Waals surface area contributed by atoms with Crippen LogP contribution in [0.15, 0.2) is 72.8 Å². The van der Waals surface area contributed by atoms with E-state index in [2.05, 4.69) is 5.32 Å². The second kappa shape index (κ2) is 8.45. The highest BCUT2D eigenvalue weighted by molar-refractivity contribution is 8.15. The van der Waals surface area contributed by atoms with Gasteiger partial charge in [0.2, 0.25) is 5.91 Å². The molecule has 7 nitrogen and oxygen atoms in total. The first kappa shape index (κ1) is 20.4. The van der Waals surface area contributed by atoms with E-state index in [0.717, 1.165) is 0 Å². The number of anilines is 2. The van der Waals surface area contributed by atoms with E-state index in [0.29, 0.717) is 28.1 Å². The first-order chi connectivity index (χ1) is 15.0. The Balaban J connectivity index is 1.60. The normalized spacial score (nSPS) is 13.4. The third-order valence-corrected chi connectivity index (χ3v) is 5.63. The monoisotopic (exact) mass is 431 g/mol. The Kier molecular flexibility index (Phi) is 5.55. The Bertz CT molecular complexity index is 1190. The molecule has 8 heteroatoms. The average Bonchev–Trinajstić information content (AvgIpc) is 3.12. The molecule has 3 aromatic carbocycles. The van der Waals surface area contributed by atoms with E-state index in [1.807, 2.05) is 0 Å². The van der Waals surface area contributed by atoms with E-state index in [-0.39, 0.29) is 28.3 Å². The van der Waals surface area contributed by atoms with Crippen LogP contribution in [0.3, 0.4) is 0 Å². The summed E-state index contributed by atoms with van der Waals surface area (Å²) in [4.78, 5) is 37.8. The fourth-order valence-corrected chi connectivity index (χ4v) is 4.07. The van der Waals surface area contributed by atoms with Crippen LogP contribution in [0, 0.1) is 5.41 Å². The van der Waals surface area contributed by atoms with Gasteiger partial charge in [-0.05, 0) is 47.5 Å². The number of carbonyl (C=O) groups is 3. The lowest BCUT2D eigenvalue weighted by Crippen LogP contribution is -2.28. The van der Waals surface area contributed by atoms with Crippen LogP contribution >= 0.6 is 11.8 Å². The zero-order valence-corrected chi connectivity index (χ0v) is 17.0. The van der Waals surface area contributed by atoms with Gasteiger partial charge in [-0.1, -0.05) is 48.2 Å². The summed E-state index contributed by atoms with van der Waals surface area (Å²) in [6.07, 6.45) is 0. The zero-order chi connectivity index (χ0) is 22.0. The summed E-state index contributed by atoms with van der Waals surface area (Å²) in [6.45, 7) is 0. The summed E-state index contributed by atoms with van der Waals surface area (Å²) in [5.74, 6) is -1.37. The summed E-state index contributed by atoms with van der Waals surface area (Å²) in [5.41, 5.74) is 2.51. The fourth-order valence-electron chi connectivity index (χ4n) is 3.35. The van der Waals surface area contributed by atoms with E-state index >= 15 is 0 Å². The Hall–Kier alpha value is -3.91. The van der Waals surface area contributed by atoms with Crippen LogP contribution in [-0.2, 0) is 4.79 Å². The third kappa shape index (κ3) is 4.06. The minimum absolute atomic E-state index is 0.114. The minimum atomic E-state index is -1.07. The highest BCUT2D eigenvalue weighted by Crippen LogP contribution is 2.29. The van der Waals surface area contributed by atoms with Crippen molar-refractivity contribution in [2.75, 3.05) is 16.0 Å². The van der Waals surface area contributed by atoms with Gasteiger partial charge in [0.1, 0.15) is 0 Å². The molecule has 3 N–H and O–H groups in total. The van der Waals surface area contributed by atoms with E-state index in [1.54, 1.807) is 66.7 Å². The molecule has 0 spiro atoms. The van der Waals surface area contributed by atoms with Crippen molar-refractivity contribution in [2.24, 2.45) is 0 Å². The van der Waals surface area contributed by atoms with Gasteiger partial charge in [0.15, 0.2) is 5.17 Å². The number of nitrogens with one attached hydrogen (secondary N) is 2. The lowest BCUT2D eigenvalue weighted by Gasteiger charge is -2.16. The minimum Gasteiger partial charge on any atom is -0.478 e. The molecule has 154 valence electrons. The van der Waals surface area contributed by atoms with Gasteiger partial charge in [-0.25, -0.2) is 4.79 Å². The quantitative estimate of drug-likeness (QED) is 0.557. The second-order valence-electron chi connectivity index (χ2n) is 6.72. The molecular formula is C23H17N3O4S. The third-order valence-electron chi connectivity index (χ3n) is 4.79. The number of aromatic carboxylic acids is 1. The predicted octanol–water partition coefficient (Wildman–Crippen LogP) is 4.32. The Labute approximate surface area is 182 Å². The van der Waals surface area contributed by atoms with Crippen molar-refractivity contribution < 1.29 is 19.5 Å². The molecule has 0 unspecified atom stereocenters. The molecule has 1 fully saturated rings. The summed E-state index contributed by atoms with van der Waals surface area (Å²) in [7, 11) is 0. The van der Waals surface area contributed by atoms with Crippen LogP contribution in [0.2, 0.25) is 0 Å². The number of hydrogen-bond acceptors (Lipinski definition) is 5. The molecule has 0 aromatic heterocycles. The van der Waals surface area contributed by atoms with Crippen LogP contribution in [0.25, 0.3) is 11.1 Å². The maximum atomic E-state index is 13.0. The molecular weight excluding hydrogens is 414 g/mol. The number of carboxylic acid groups (broad SMARTS) is 1. The van der Waals surface area contributed by atoms with Crippen LogP contribution < -0.4 is 10.2 Å². The van der Waals surface area contributed by atoms with Gasteiger partial charge in [-0.2, -0.15) is 0 Å². The number of nitrogens with zero attached hydrogens (tertiary/aromatic N) is 1. The Morgan fingerprint density at radius 1 is 0.903 bits per heavy atom. The number of thioether (sulfide) groups is 1. The molecule has 1 aliphatic heterocycles. The molecule has 1 saturated heterocycles. The zero-order valence-electron chi connectivity index (χ0n) is 16.2. The molecule has 0 atom stereocenters. The predicted molar refractivity (Wildman–Crippen MR) is 121 cm³/mol. The molecule has 0 bridgehead atoms. The van der Waals surface area contributed by atoms with Crippen LogP contribution in [-0.4, -0.2) is 33.8 Å². The topological polar surface area (TPSA) is 111 Å². The van der Waals surface area contributed by atoms with Gasteiger partial charge >= 0.3 is 5.97 Å². The van der Waals surface area contributed by atoms with Crippen molar-refractivity contribution in [3.05, 3.63) is 83.9 Å². The van der Waals surface area contributed by atoms with Crippen molar-refractivity contribution in [2.45, 2.75) is 0 Å². The first-order valence-electron chi connectivity index (χ1n) is 9.33. The second-order valence-corrected chi connectivity index (χ2v) is 7.68. The number of amides is 2. The van der Waals surface area contributed by atoms with Gasteiger partial charge < -0.3 is 10.4 Å². The molecule has 1 aliphatic rings. The number of amidine groups is 1. The number of hydrogen-bond donors (Lipinski definition) is 3. The van der Waals surface area contributed by atoms with E-state index < -0.39 is 5.97 Å². The maximum absolute atomic E-state index is 13.0. The smallest absolute Gasteiger partial charge is 0.336 e. The van der Waals surface area contributed by atoms with Crippen molar-refractivity contribution >= 4 is 46.1 Å². The van der Waals surface area contributed by atoms with Gasteiger partial charge in [0.05, 0.1) is 17.0 Å². The van der Waals surface area contributed by atoms with Gasteiger partial charge in [0.25, 0.3) is 5.91 Å². The molecule has 3 aromatic rings. The van der Waals surface area contributed by atoms with Crippen LogP contribution in [0.4, 0.5) is 11.4 Å². The molecule has 1 heterocycles. The van der Waals surface area contributed by atoms with Crippen molar-refractivity contribution in [3.8, 4) is 11.1 Å². The van der Waals surface area contributed by atoms with Crippen molar-refractivity contribution in [1.82, 2.24) is 0 Å². The van der Waals surface area contributed by atoms with Crippen LogP contribution in [0.1, 0.15) is 20.7 Å². The van der Waals surface area contributed by atoms with Gasteiger partial charge in [0, 0.05) is 11.3 Å². The number of benzene rings is 3.